The van der Waals surface area contributed by atoms with Crippen molar-refractivity contribution in [3.63, 3.8) is 0 Å². The average molecular weight is 256 g/mol. The Morgan fingerprint density at radius 1 is 1.29 bits per heavy atom. The molecule has 0 fully saturated rings. The van der Waals surface area contributed by atoms with Gasteiger partial charge in [0.2, 0.25) is 0 Å². The molecule has 0 amide bonds. The van der Waals surface area contributed by atoms with E-state index in [0.29, 0.717) is 11.6 Å². The third-order valence-corrected chi connectivity index (χ3v) is 3.55. The van der Waals surface area contributed by atoms with Crippen molar-refractivity contribution in [2.45, 2.75) is 19.9 Å². The molecule has 1 aromatic rings. The van der Waals surface area contributed by atoms with Gasteiger partial charge >= 0.3 is 0 Å². The van der Waals surface area contributed by atoms with Crippen LogP contribution in [-0.2, 0) is 0 Å². The molecule has 0 radical (unpaired) electrons. The highest BCUT2D eigenvalue weighted by Crippen LogP contribution is 2.24. The quantitative estimate of drug-likeness (QED) is 0.875. The van der Waals surface area contributed by atoms with Crippen molar-refractivity contribution >= 4 is 22.6 Å². The van der Waals surface area contributed by atoms with Crippen molar-refractivity contribution < 1.29 is 8.78 Å². The number of halogens is 2. The second-order valence-electron chi connectivity index (χ2n) is 4.34. The van der Waals surface area contributed by atoms with Gasteiger partial charge in [-0.3, -0.25) is 4.99 Å². The lowest BCUT2D eigenvalue weighted by molar-refractivity contribution is 0.543. The van der Waals surface area contributed by atoms with E-state index in [4.69, 9.17) is 0 Å². The highest BCUT2D eigenvalue weighted by Gasteiger charge is 2.21. The standard InChI is InChI=1S/C12H14F2N2S/c1-7(2)11-6-17-12(16-11)15-10-4-8(13)3-9(14)5-10/h3-5,7,11H,6H2,1-2H3,(H,15,16)/t11-/m1/s1. The van der Waals surface area contributed by atoms with Gasteiger partial charge in [0.05, 0.1) is 6.04 Å². The number of benzene rings is 1. The van der Waals surface area contributed by atoms with Crippen LogP contribution in [0.15, 0.2) is 23.2 Å². The summed E-state index contributed by atoms with van der Waals surface area (Å²) in [5.41, 5.74) is 0.401. The van der Waals surface area contributed by atoms with Crippen molar-refractivity contribution in [1.82, 2.24) is 0 Å². The van der Waals surface area contributed by atoms with Gasteiger partial charge in [-0.05, 0) is 18.1 Å². The first-order valence-corrected chi connectivity index (χ1v) is 6.47. The van der Waals surface area contributed by atoms with Gasteiger partial charge in [0.15, 0.2) is 5.17 Å². The third-order valence-electron chi connectivity index (χ3n) is 2.56. The van der Waals surface area contributed by atoms with Crippen LogP contribution in [0.3, 0.4) is 0 Å². The van der Waals surface area contributed by atoms with Gasteiger partial charge in [-0.15, -0.1) is 0 Å². The second-order valence-corrected chi connectivity index (χ2v) is 5.35. The van der Waals surface area contributed by atoms with Crippen LogP contribution in [0, 0.1) is 17.6 Å². The second kappa shape index (κ2) is 5.04. The van der Waals surface area contributed by atoms with Gasteiger partial charge in [0.25, 0.3) is 0 Å². The van der Waals surface area contributed by atoms with Crippen molar-refractivity contribution in [2.24, 2.45) is 10.9 Å². The van der Waals surface area contributed by atoms with Gasteiger partial charge in [-0.25, -0.2) is 8.78 Å². The summed E-state index contributed by atoms with van der Waals surface area (Å²) < 4.78 is 26.0. The Hall–Kier alpha value is -1.10. The van der Waals surface area contributed by atoms with Gasteiger partial charge in [-0.2, -0.15) is 0 Å². The average Bonchev–Trinajstić information content (AvgIpc) is 2.64. The Bertz CT molecular complexity index is 426. The fourth-order valence-corrected chi connectivity index (χ4v) is 2.74. The minimum absolute atomic E-state index is 0.279. The SMILES string of the molecule is CC(C)[C@H]1CSC(Nc2cc(F)cc(F)c2)=N1. The lowest BCUT2D eigenvalue weighted by Gasteiger charge is -2.08. The number of amidine groups is 1. The molecule has 1 heterocycles. The molecule has 1 N–H and O–H groups in total. The van der Waals surface area contributed by atoms with Crippen LogP contribution in [0.4, 0.5) is 14.5 Å². The monoisotopic (exact) mass is 256 g/mol. The van der Waals surface area contributed by atoms with E-state index in [1.807, 2.05) is 0 Å². The Morgan fingerprint density at radius 3 is 2.47 bits per heavy atom. The molecule has 5 heteroatoms. The number of hydrogen-bond acceptors (Lipinski definition) is 3. The zero-order chi connectivity index (χ0) is 12.4. The van der Waals surface area contributed by atoms with E-state index in [1.165, 1.54) is 12.1 Å². The predicted molar refractivity (Wildman–Crippen MR) is 68.5 cm³/mol. The molecule has 0 spiro atoms. The topological polar surface area (TPSA) is 24.4 Å². The fraction of sp³-hybridized carbons (Fsp3) is 0.417. The number of nitrogens with one attached hydrogen (secondary N) is 1. The summed E-state index contributed by atoms with van der Waals surface area (Å²) in [6, 6.07) is 3.65. The van der Waals surface area contributed by atoms with Crippen molar-refractivity contribution in [1.29, 1.82) is 0 Å². The van der Waals surface area contributed by atoms with E-state index in [9.17, 15) is 8.78 Å². The summed E-state index contributed by atoms with van der Waals surface area (Å²) in [7, 11) is 0. The number of nitrogens with zero attached hydrogens (tertiary/aromatic N) is 1. The van der Waals surface area contributed by atoms with Crippen LogP contribution in [0.2, 0.25) is 0 Å². The Balaban J connectivity index is 2.09. The molecule has 2 rings (SSSR count). The van der Waals surface area contributed by atoms with Crippen LogP contribution in [0.1, 0.15) is 13.8 Å². The smallest absolute Gasteiger partial charge is 0.161 e. The Morgan fingerprint density at radius 2 is 1.94 bits per heavy atom. The molecule has 0 unspecified atom stereocenters. The first-order valence-electron chi connectivity index (χ1n) is 5.48. The number of hydrogen-bond donors (Lipinski definition) is 1. The summed E-state index contributed by atoms with van der Waals surface area (Å²) in [5.74, 6) is 0.219. The maximum atomic E-state index is 13.0. The fourth-order valence-electron chi connectivity index (χ4n) is 1.55. The molecule has 1 aliphatic heterocycles. The maximum Gasteiger partial charge on any atom is 0.161 e. The maximum absolute atomic E-state index is 13.0. The molecule has 0 saturated heterocycles. The van der Waals surface area contributed by atoms with E-state index < -0.39 is 11.6 Å². The number of aliphatic imine (C=N–C) groups is 1. The first-order chi connectivity index (χ1) is 8.04. The van der Waals surface area contributed by atoms with Gasteiger partial charge < -0.3 is 5.32 Å². The molecule has 1 aromatic carbocycles. The molecule has 92 valence electrons. The van der Waals surface area contributed by atoms with Crippen LogP contribution in [-0.4, -0.2) is 17.0 Å². The Kier molecular flexibility index (Phi) is 3.66. The summed E-state index contributed by atoms with van der Waals surface area (Å²) in [6.45, 7) is 4.22. The van der Waals surface area contributed by atoms with Crippen LogP contribution < -0.4 is 5.32 Å². The lowest BCUT2D eigenvalue weighted by atomic mass is 10.1. The highest BCUT2D eigenvalue weighted by molar-refractivity contribution is 8.14. The molecule has 1 atom stereocenters. The molecular formula is C12H14F2N2S. The van der Waals surface area contributed by atoms with E-state index in [0.717, 1.165) is 17.0 Å². The molecule has 0 aromatic heterocycles. The molecule has 17 heavy (non-hydrogen) atoms. The van der Waals surface area contributed by atoms with Crippen molar-refractivity contribution in [2.75, 3.05) is 11.1 Å². The first kappa shape index (κ1) is 12.4. The minimum atomic E-state index is -0.587. The minimum Gasteiger partial charge on any atom is -0.335 e. The van der Waals surface area contributed by atoms with Crippen LogP contribution in [0.5, 0.6) is 0 Å². The lowest BCUT2D eigenvalue weighted by Crippen LogP contribution is -2.12. The third kappa shape index (κ3) is 3.19. The zero-order valence-electron chi connectivity index (χ0n) is 9.71. The van der Waals surface area contributed by atoms with Crippen LogP contribution in [0.25, 0.3) is 0 Å². The van der Waals surface area contributed by atoms with E-state index in [1.54, 1.807) is 11.8 Å². The number of rotatable bonds is 2. The number of anilines is 1. The normalized spacial score (nSPS) is 19.6. The van der Waals surface area contributed by atoms with Crippen molar-refractivity contribution in [3.05, 3.63) is 29.8 Å². The van der Waals surface area contributed by atoms with Crippen molar-refractivity contribution in [3.8, 4) is 0 Å². The van der Waals surface area contributed by atoms with E-state index in [-0.39, 0.29) is 6.04 Å². The molecular weight excluding hydrogens is 242 g/mol. The summed E-state index contributed by atoms with van der Waals surface area (Å²) in [5, 5.41) is 3.67. The largest absolute Gasteiger partial charge is 0.335 e. The number of thioether (sulfide) groups is 1. The summed E-state index contributed by atoms with van der Waals surface area (Å²) >= 11 is 1.58. The molecule has 0 saturated carbocycles. The summed E-state index contributed by atoms with van der Waals surface area (Å²) in [6.07, 6.45) is 0. The van der Waals surface area contributed by atoms with E-state index in [2.05, 4.69) is 24.2 Å². The highest BCUT2D eigenvalue weighted by atomic mass is 32.2. The molecule has 0 aliphatic carbocycles. The zero-order valence-corrected chi connectivity index (χ0v) is 10.5. The van der Waals surface area contributed by atoms with Gasteiger partial charge in [0, 0.05) is 17.5 Å². The van der Waals surface area contributed by atoms with Gasteiger partial charge in [0.1, 0.15) is 11.6 Å². The molecule has 2 nitrogen and oxygen atoms in total. The molecule has 0 bridgehead atoms. The van der Waals surface area contributed by atoms with E-state index >= 15 is 0 Å². The summed E-state index contributed by atoms with van der Waals surface area (Å²) in [4.78, 5) is 4.47. The predicted octanol–water partition coefficient (Wildman–Crippen LogP) is 3.50. The van der Waals surface area contributed by atoms with Gasteiger partial charge in [-0.1, -0.05) is 25.6 Å². The van der Waals surface area contributed by atoms with Crippen LogP contribution >= 0.6 is 11.8 Å². The Labute approximate surface area is 104 Å². The molecule has 1 aliphatic rings.